The van der Waals surface area contributed by atoms with Gasteiger partial charge in [0.05, 0.1) is 20.8 Å². The summed E-state index contributed by atoms with van der Waals surface area (Å²) in [6, 6.07) is 6.30. The van der Waals surface area contributed by atoms with Gasteiger partial charge < -0.3 is 25.0 Å². The topological polar surface area (TPSA) is 71.0 Å². The summed E-state index contributed by atoms with van der Waals surface area (Å²) in [7, 11) is 5.14. The number of aryl methyl sites for hydroxylation is 1. The average Bonchev–Trinajstić information content (AvgIpc) is 3.33. The second kappa shape index (κ2) is 8.94. The van der Waals surface area contributed by atoms with E-state index >= 15 is 0 Å². The zero-order chi connectivity index (χ0) is 19.2. The summed E-state index contributed by atoms with van der Waals surface area (Å²) < 4.78 is 10.8. The lowest BCUT2D eigenvalue weighted by molar-refractivity contribution is 0.394. The van der Waals surface area contributed by atoms with E-state index < -0.39 is 0 Å². The van der Waals surface area contributed by atoms with Gasteiger partial charge in [0.1, 0.15) is 16.5 Å². The predicted octanol–water partition coefficient (Wildman–Crippen LogP) is 2.41. The van der Waals surface area contributed by atoms with E-state index in [1.165, 1.54) is 4.88 Å². The first-order valence-electron chi connectivity index (χ1n) is 8.97. The second-order valence-electron chi connectivity index (χ2n) is 6.44. The molecule has 1 aromatic carbocycles. The summed E-state index contributed by atoms with van der Waals surface area (Å²) in [6.07, 6.45) is 2.94. The van der Waals surface area contributed by atoms with Crippen molar-refractivity contribution in [3.05, 3.63) is 34.3 Å². The number of hydrogen-bond acceptors (Lipinski definition) is 6. The number of rotatable bonds is 6. The first-order valence-corrected chi connectivity index (χ1v) is 9.79. The summed E-state index contributed by atoms with van der Waals surface area (Å²) in [5, 5.41) is 7.92. The summed E-state index contributed by atoms with van der Waals surface area (Å²) in [5.41, 5.74) is 1.11. The molecule has 1 fully saturated rings. The van der Waals surface area contributed by atoms with Crippen LogP contribution in [-0.2, 0) is 6.54 Å². The molecule has 7 nitrogen and oxygen atoms in total. The summed E-state index contributed by atoms with van der Waals surface area (Å²) in [4.78, 5) is 12.3. The van der Waals surface area contributed by atoms with Gasteiger partial charge in [-0.3, -0.25) is 4.99 Å². The van der Waals surface area contributed by atoms with Crippen molar-refractivity contribution in [2.45, 2.75) is 25.9 Å². The lowest BCUT2D eigenvalue weighted by atomic mass is 10.2. The molecule has 8 heteroatoms. The van der Waals surface area contributed by atoms with Gasteiger partial charge in [-0.1, -0.05) is 0 Å². The minimum atomic E-state index is 0.325. The number of nitrogens with one attached hydrogen (secondary N) is 2. The Bertz CT molecular complexity index is 770. The molecule has 0 spiro atoms. The van der Waals surface area contributed by atoms with Gasteiger partial charge in [-0.15, -0.1) is 11.3 Å². The van der Waals surface area contributed by atoms with Crippen molar-refractivity contribution in [1.29, 1.82) is 0 Å². The van der Waals surface area contributed by atoms with Crippen LogP contribution in [0.4, 0.5) is 5.69 Å². The highest BCUT2D eigenvalue weighted by molar-refractivity contribution is 7.11. The van der Waals surface area contributed by atoms with E-state index in [4.69, 9.17) is 9.47 Å². The number of guanidine groups is 1. The molecule has 2 heterocycles. The third-order valence-corrected chi connectivity index (χ3v) is 5.44. The molecule has 3 rings (SSSR count). The molecule has 1 unspecified atom stereocenters. The van der Waals surface area contributed by atoms with Crippen molar-refractivity contribution in [1.82, 2.24) is 15.6 Å². The number of benzene rings is 1. The lowest BCUT2D eigenvalue weighted by Gasteiger charge is -2.21. The van der Waals surface area contributed by atoms with Gasteiger partial charge in [0.25, 0.3) is 0 Å². The highest BCUT2D eigenvalue weighted by atomic mass is 32.1. The maximum atomic E-state index is 5.39. The summed E-state index contributed by atoms with van der Waals surface area (Å²) in [5.74, 6) is 2.41. The highest BCUT2D eigenvalue weighted by Crippen LogP contribution is 2.30. The van der Waals surface area contributed by atoms with Crippen LogP contribution in [0.5, 0.6) is 11.5 Å². The van der Waals surface area contributed by atoms with Gasteiger partial charge in [0.15, 0.2) is 5.96 Å². The summed E-state index contributed by atoms with van der Waals surface area (Å²) >= 11 is 1.70. The standard InChI is InChI=1S/C19H27N5O2S/c1-13-10-21-18(27-13)11-22-19(20-2)23-14-5-6-24(12-14)15-7-16(25-3)9-17(8-15)26-4/h7-10,14H,5-6,11-12H2,1-4H3,(H2,20,22,23). The minimum absolute atomic E-state index is 0.325. The molecule has 0 amide bonds. The zero-order valence-electron chi connectivity index (χ0n) is 16.3. The van der Waals surface area contributed by atoms with Gasteiger partial charge in [0.2, 0.25) is 0 Å². The monoisotopic (exact) mass is 389 g/mol. The van der Waals surface area contributed by atoms with Crippen molar-refractivity contribution in [2.24, 2.45) is 4.99 Å². The fourth-order valence-corrected chi connectivity index (χ4v) is 3.84. The van der Waals surface area contributed by atoms with E-state index in [2.05, 4.69) is 32.4 Å². The van der Waals surface area contributed by atoms with E-state index in [1.54, 1.807) is 32.6 Å². The molecule has 1 saturated heterocycles. The number of hydrogen-bond donors (Lipinski definition) is 2. The average molecular weight is 390 g/mol. The fourth-order valence-electron chi connectivity index (χ4n) is 3.12. The smallest absolute Gasteiger partial charge is 0.191 e. The van der Waals surface area contributed by atoms with E-state index in [9.17, 15) is 0 Å². The number of methoxy groups -OCH3 is 2. The zero-order valence-corrected chi connectivity index (χ0v) is 17.1. The molecule has 2 aromatic rings. The fraction of sp³-hybridized carbons (Fsp3) is 0.474. The van der Waals surface area contributed by atoms with Crippen LogP contribution in [0.15, 0.2) is 29.4 Å². The van der Waals surface area contributed by atoms with Crippen molar-refractivity contribution in [2.75, 3.05) is 39.3 Å². The molecule has 0 saturated carbocycles. The Balaban J connectivity index is 1.57. The van der Waals surface area contributed by atoms with Crippen LogP contribution < -0.4 is 25.0 Å². The van der Waals surface area contributed by atoms with Crippen LogP contribution in [0, 0.1) is 6.92 Å². The molecule has 146 valence electrons. The van der Waals surface area contributed by atoms with Crippen LogP contribution in [0.1, 0.15) is 16.3 Å². The van der Waals surface area contributed by atoms with Crippen LogP contribution in [0.2, 0.25) is 0 Å². The van der Waals surface area contributed by atoms with Crippen LogP contribution in [0.25, 0.3) is 0 Å². The van der Waals surface area contributed by atoms with E-state index in [0.29, 0.717) is 12.6 Å². The first-order chi connectivity index (χ1) is 13.1. The molecule has 0 aliphatic carbocycles. The Morgan fingerprint density at radius 1 is 1.30 bits per heavy atom. The van der Waals surface area contributed by atoms with E-state index in [0.717, 1.165) is 47.7 Å². The van der Waals surface area contributed by atoms with Gasteiger partial charge in [0, 0.05) is 61.1 Å². The molecule has 0 radical (unpaired) electrons. The Hall–Kier alpha value is -2.48. The van der Waals surface area contributed by atoms with E-state index in [1.807, 2.05) is 24.4 Å². The highest BCUT2D eigenvalue weighted by Gasteiger charge is 2.24. The second-order valence-corrected chi connectivity index (χ2v) is 7.76. The molecular weight excluding hydrogens is 362 g/mol. The predicted molar refractivity (Wildman–Crippen MR) is 110 cm³/mol. The molecule has 27 heavy (non-hydrogen) atoms. The van der Waals surface area contributed by atoms with Crippen LogP contribution in [0.3, 0.4) is 0 Å². The molecular formula is C19H27N5O2S. The Morgan fingerprint density at radius 2 is 2.04 bits per heavy atom. The van der Waals surface area contributed by atoms with Crippen LogP contribution in [-0.4, -0.2) is 51.3 Å². The van der Waals surface area contributed by atoms with Crippen LogP contribution >= 0.6 is 11.3 Å². The maximum absolute atomic E-state index is 5.39. The number of nitrogens with zero attached hydrogens (tertiary/aromatic N) is 3. The van der Waals surface area contributed by atoms with Gasteiger partial charge in [-0.25, -0.2) is 4.98 Å². The molecule has 0 bridgehead atoms. The third kappa shape index (κ3) is 5.03. The minimum Gasteiger partial charge on any atom is -0.497 e. The first kappa shape index (κ1) is 19.3. The summed E-state index contributed by atoms with van der Waals surface area (Å²) in [6.45, 7) is 4.61. The number of aliphatic imine (C=N–C) groups is 1. The number of thiazole rings is 1. The van der Waals surface area contributed by atoms with Crippen molar-refractivity contribution >= 4 is 23.0 Å². The largest absolute Gasteiger partial charge is 0.497 e. The SMILES string of the molecule is CN=C(NCc1ncc(C)s1)NC1CCN(c2cc(OC)cc(OC)c2)C1. The van der Waals surface area contributed by atoms with Gasteiger partial charge in [-0.05, 0) is 13.3 Å². The van der Waals surface area contributed by atoms with Crippen molar-refractivity contribution in [3.8, 4) is 11.5 Å². The Kier molecular flexibility index (Phi) is 6.39. The normalized spacial score (nSPS) is 17.1. The molecule has 1 aliphatic rings. The third-order valence-electron chi connectivity index (χ3n) is 4.53. The number of anilines is 1. The Morgan fingerprint density at radius 3 is 2.63 bits per heavy atom. The van der Waals surface area contributed by atoms with Gasteiger partial charge in [-0.2, -0.15) is 0 Å². The number of ether oxygens (including phenoxy) is 2. The quantitative estimate of drug-likeness (QED) is 0.584. The van der Waals surface area contributed by atoms with E-state index in [-0.39, 0.29) is 0 Å². The van der Waals surface area contributed by atoms with Gasteiger partial charge >= 0.3 is 0 Å². The molecule has 1 aliphatic heterocycles. The molecule has 1 aromatic heterocycles. The molecule has 1 atom stereocenters. The number of aromatic nitrogens is 1. The van der Waals surface area contributed by atoms with Crippen molar-refractivity contribution < 1.29 is 9.47 Å². The Labute approximate surface area is 164 Å². The maximum Gasteiger partial charge on any atom is 0.191 e. The van der Waals surface area contributed by atoms with Crippen molar-refractivity contribution in [3.63, 3.8) is 0 Å². The molecule has 2 N–H and O–H groups in total. The lowest BCUT2D eigenvalue weighted by Crippen LogP contribution is -2.44.